The van der Waals surface area contributed by atoms with Crippen molar-refractivity contribution < 1.29 is 17.1 Å². The number of nitrogens with one attached hydrogen (secondary N) is 2. The molecule has 0 spiro atoms. The van der Waals surface area contributed by atoms with Crippen LogP contribution in [0.2, 0.25) is 0 Å². The van der Waals surface area contributed by atoms with Crippen LogP contribution < -0.4 is 10.6 Å². The summed E-state index contributed by atoms with van der Waals surface area (Å²) < 4.78 is 0.912. The summed E-state index contributed by atoms with van der Waals surface area (Å²) in [7, 11) is 0. The van der Waals surface area contributed by atoms with E-state index >= 15 is 0 Å². The van der Waals surface area contributed by atoms with E-state index in [1.54, 1.807) is 0 Å². The Kier molecular flexibility index (Phi) is 22.6. The predicted molar refractivity (Wildman–Crippen MR) is 67.3 cm³/mol. The maximum atomic E-state index is 4.50. The van der Waals surface area contributed by atoms with Crippen molar-refractivity contribution in [2.75, 3.05) is 13.1 Å². The molecule has 0 aliphatic rings. The molecule has 2 nitrogen and oxygen atoms in total. The van der Waals surface area contributed by atoms with Gasteiger partial charge in [-0.1, -0.05) is 8.64 Å². The van der Waals surface area contributed by atoms with Crippen molar-refractivity contribution >= 4 is 58.3 Å². The molecule has 0 saturated carbocycles. The molecule has 0 fully saturated rings. The molecule has 0 unspecified atom stereocenters. The molecule has 77 valence electrons. The minimum Gasteiger partial charge on any atom is -0.412 e. The van der Waals surface area contributed by atoms with E-state index in [2.05, 4.69) is 60.3 Å². The van der Waals surface area contributed by atoms with Gasteiger partial charge in [0.1, 0.15) is 0 Å². The molecule has 0 aliphatic heterocycles. The van der Waals surface area contributed by atoms with E-state index in [1.165, 1.54) is 0 Å². The van der Waals surface area contributed by atoms with Gasteiger partial charge >= 0.3 is 17.1 Å². The summed E-state index contributed by atoms with van der Waals surface area (Å²) in [6.45, 7) is 5.59. The van der Waals surface area contributed by atoms with Crippen LogP contribution in [0.25, 0.3) is 0 Å². The molecule has 0 aromatic heterocycles. The van der Waals surface area contributed by atoms with Crippen molar-refractivity contribution in [2.24, 2.45) is 0 Å². The van der Waals surface area contributed by atoms with Crippen LogP contribution in [0, 0.1) is 0 Å². The Morgan fingerprint density at radius 3 is 1.23 bits per heavy atom. The van der Waals surface area contributed by atoms with Crippen molar-refractivity contribution in [3.05, 3.63) is 0 Å². The van der Waals surface area contributed by atoms with Crippen LogP contribution >= 0.6 is 24.4 Å². The van der Waals surface area contributed by atoms with Crippen molar-refractivity contribution in [1.29, 1.82) is 0 Å². The summed E-state index contributed by atoms with van der Waals surface area (Å²) >= 11 is 18.0. The van der Waals surface area contributed by atoms with Gasteiger partial charge in [-0.3, -0.25) is 0 Å². The van der Waals surface area contributed by atoms with E-state index < -0.39 is 0 Å². The first kappa shape index (κ1) is 19.3. The summed E-state index contributed by atoms with van der Waals surface area (Å²) in [4.78, 5) is 0. The summed E-state index contributed by atoms with van der Waals surface area (Å²) in [6, 6.07) is 0. The Bertz CT molecular complexity index is 127. The van der Waals surface area contributed by atoms with Crippen LogP contribution in [0.3, 0.4) is 0 Å². The topological polar surface area (TPSA) is 24.1 Å². The van der Waals surface area contributed by atoms with Gasteiger partial charge in [0, 0.05) is 13.1 Å². The van der Waals surface area contributed by atoms with Gasteiger partial charge in [0.05, 0.1) is 0 Å². The zero-order chi connectivity index (χ0) is 9.98. The molecule has 0 atom stereocenters. The fourth-order valence-electron chi connectivity index (χ4n) is 0.289. The largest absolute Gasteiger partial charge is 2.00 e. The van der Waals surface area contributed by atoms with Crippen LogP contribution in [0.5, 0.6) is 0 Å². The first-order valence-corrected chi connectivity index (χ1v) is 5.07. The van der Waals surface area contributed by atoms with Crippen LogP contribution in [-0.4, -0.2) is 21.7 Å². The fraction of sp³-hybridized carbons (Fsp3) is 0.667. The molecule has 0 aromatic rings. The molecular formula is C6H12MnN2S4. The molecule has 0 aliphatic carbocycles. The normalized spacial score (nSPS) is 6.92. The summed E-state index contributed by atoms with van der Waals surface area (Å²) in [6.07, 6.45) is 0. The smallest absolute Gasteiger partial charge is 0.412 e. The van der Waals surface area contributed by atoms with Crippen molar-refractivity contribution in [2.45, 2.75) is 13.8 Å². The third kappa shape index (κ3) is 32.3. The van der Waals surface area contributed by atoms with E-state index in [9.17, 15) is 0 Å². The predicted octanol–water partition coefficient (Wildman–Crippen LogP) is 0.853. The van der Waals surface area contributed by atoms with Gasteiger partial charge in [-0.25, -0.2) is 0 Å². The van der Waals surface area contributed by atoms with E-state index in [0.717, 1.165) is 13.1 Å². The van der Waals surface area contributed by atoms with E-state index in [-0.39, 0.29) is 17.1 Å². The molecule has 13 heavy (non-hydrogen) atoms. The SMILES string of the molecule is CCNC(=S)[S-].CCNC(=S)[S-].[Mn+2]. The van der Waals surface area contributed by atoms with E-state index in [0.29, 0.717) is 8.64 Å². The van der Waals surface area contributed by atoms with Gasteiger partial charge in [0.25, 0.3) is 0 Å². The number of thiocarbonyl (C=S) groups is 2. The van der Waals surface area contributed by atoms with Crippen LogP contribution in [0.15, 0.2) is 0 Å². The zero-order valence-corrected chi connectivity index (χ0v) is 11.9. The van der Waals surface area contributed by atoms with Gasteiger partial charge in [0.15, 0.2) is 0 Å². The second-order valence-corrected chi connectivity index (χ2v) is 3.79. The van der Waals surface area contributed by atoms with Gasteiger partial charge in [0.2, 0.25) is 0 Å². The number of hydrogen-bond acceptors (Lipinski definition) is 4. The third-order valence-electron chi connectivity index (χ3n) is 0.642. The second kappa shape index (κ2) is 15.2. The number of rotatable bonds is 2. The minimum absolute atomic E-state index is 0. The zero-order valence-electron chi connectivity index (χ0n) is 7.43. The quantitative estimate of drug-likeness (QED) is 0.445. The minimum atomic E-state index is 0. The molecule has 0 rings (SSSR count). The molecule has 0 aromatic carbocycles. The maximum Gasteiger partial charge on any atom is 2.00 e. The van der Waals surface area contributed by atoms with E-state index in [4.69, 9.17) is 0 Å². The number of hydrogen-bond donors (Lipinski definition) is 2. The molecule has 7 heteroatoms. The van der Waals surface area contributed by atoms with Gasteiger partial charge in [-0.2, -0.15) is 0 Å². The Morgan fingerprint density at radius 2 is 1.23 bits per heavy atom. The average molecular weight is 295 g/mol. The maximum absolute atomic E-state index is 4.50. The summed E-state index contributed by atoms with van der Waals surface area (Å²) in [5.41, 5.74) is 0. The Hall–Kier alpha value is 0.739. The second-order valence-electron chi connectivity index (χ2n) is 1.64. The Labute approximate surface area is 112 Å². The van der Waals surface area contributed by atoms with Crippen molar-refractivity contribution in [3.8, 4) is 0 Å². The molecule has 0 amide bonds. The van der Waals surface area contributed by atoms with Crippen molar-refractivity contribution in [1.82, 2.24) is 10.6 Å². The van der Waals surface area contributed by atoms with Gasteiger partial charge in [-0.15, -0.1) is 0 Å². The average Bonchev–Trinajstić information content (AvgIpc) is 1.87. The molecule has 2 N–H and O–H groups in total. The Balaban J connectivity index is -0.000000143. The first-order valence-electron chi connectivity index (χ1n) is 3.44. The molecule has 1 radical (unpaired) electrons. The van der Waals surface area contributed by atoms with Crippen molar-refractivity contribution in [3.63, 3.8) is 0 Å². The molecule has 0 bridgehead atoms. The third-order valence-corrected chi connectivity index (χ3v) is 1.22. The van der Waals surface area contributed by atoms with Crippen LogP contribution in [0.4, 0.5) is 0 Å². The van der Waals surface area contributed by atoms with Gasteiger partial charge < -0.3 is 60.3 Å². The Morgan fingerprint density at radius 1 is 1.00 bits per heavy atom. The fourth-order valence-corrected chi connectivity index (χ4v) is 0.866. The molecule has 0 heterocycles. The summed E-state index contributed by atoms with van der Waals surface area (Å²) in [5.74, 6) is 0. The van der Waals surface area contributed by atoms with Crippen LogP contribution in [0.1, 0.15) is 13.8 Å². The monoisotopic (exact) mass is 295 g/mol. The van der Waals surface area contributed by atoms with E-state index in [1.807, 2.05) is 13.8 Å². The standard InChI is InChI=1S/2C3H7NS2.Mn/c2*1-2-4-3(5)6;/h2*2H2,1H3,(H2,4,5,6);/q;;+2/p-2. The van der Waals surface area contributed by atoms with Crippen LogP contribution in [-0.2, 0) is 42.3 Å². The molecule has 0 saturated heterocycles. The summed E-state index contributed by atoms with van der Waals surface area (Å²) in [5, 5.41) is 5.51. The first-order chi connectivity index (χ1) is 5.54. The van der Waals surface area contributed by atoms with Gasteiger partial charge in [-0.05, 0) is 13.8 Å². The molecular weight excluding hydrogens is 283 g/mol.